The van der Waals surface area contributed by atoms with Crippen molar-refractivity contribution >= 4 is 22.0 Å². The highest BCUT2D eigenvalue weighted by molar-refractivity contribution is 9.10. The van der Waals surface area contributed by atoms with E-state index in [1.165, 1.54) is 5.56 Å². The fraction of sp³-hybridized carbons (Fsp3) is 0.467. The lowest BCUT2D eigenvalue weighted by atomic mass is 10.1. The number of hydrogen-bond acceptors (Lipinski definition) is 2. The lowest BCUT2D eigenvalue weighted by Crippen LogP contribution is -2.36. The molecule has 0 unspecified atom stereocenters. The molecule has 1 aliphatic rings. The van der Waals surface area contributed by atoms with Crippen LogP contribution >= 0.6 is 15.9 Å². The molecule has 1 saturated heterocycles. The van der Waals surface area contributed by atoms with Gasteiger partial charge in [-0.25, -0.2) is 0 Å². The van der Waals surface area contributed by atoms with Gasteiger partial charge < -0.3 is 10.0 Å². The van der Waals surface area contributed by atoms with Crippen molar-refractivity contribution in [3.05, 3.63) is 40.4 Å². The Morgan fingerprint density at radius 1 is 1.22 bits per heavy atom. The van der Waals surface area contributed by atoms with E-state index >= 15 is 0 Å². The minimum atomic E-state index is -0.0699. The molecule has 1 aromatic rings. The van der Waals surface area contributed by atoms with Crippen LogP contribution in [0.3, 0.4) is 0 Å². The summed E-state index contributed by atoms with van der Waals surface area (Å²) in [5.41, 5.74) is 1.24. The second-order valence-electron chi connectivity index (χ2n) is 4.82. The Labute approximate surface area is 117 Å². The summed E-state index contributed by atoms with van der Waals surface area (Å²) in [7, 11) is 0. The van der Waals surface area contributed by atoms with Gasteiger partial charge in [0.15, 0.2) is 0 Å². The Bertz CT molecular complexity index is 380. The predicted octanol–water partition coefficient (Wildman–Crippen LogP) is 3.31. The lowest BCUT2D eigenvalue weighted by Gasteiger charge is -2.28. The van der Waals surface area contributed by atoms with Crippen LogP contribution in [-0.4, -0.2) is 35.7 Å². The standard InChI is InChI=1S/C15H20BrNO/c16-14-6-4-13(5-7-14)3-1-2-10-17-11-8-15(18)9-12-17/h1,3-7,15,18H,2,8-12H2. The Kier molecular flexibility index (Phi) is 5.42. The van der Waals surface area contributed by atoms with Crippen molar-refractivity contribution < 1.29 is 5.11 Å². The van der Waals surface area contributed by atoms with E-state index in [-0.39, 0.29) is 6.10 Å². The summed E-state index contributed by atoms with van der Waals surface area (Å²) in [5, 5.41) is 9.43. The van der Waals surface area contributed by atoms with E-state index in [2.05, 4.69) is 57.2 Å². The normalized spacial score (nSPS) is 18.6. The van der Waals surface area contributed by atoms with Gasteiger partial charge in [0.1, 0.15) is 0 Å². The predicted molar refractivity (Wildman–Crippen MR) is 79.5 cm³/mol. The van der Waals surface area contributed by atoms with Gasteiger partial charge in [-0.15, -0.1) is 0 Å². The summed E-state index contributed by atoms with van der Waals surface area (Å²) < 4.78 is 1.12. The maximum absolute atomic E-state index is 9.43. The summed E-state index contributed by atoms with van der Waals surface area (Å²) >= 11 is 3.43. The molecular weight excluding hydrogens is 290 g/mol. The molecule has 0 bridgehead atoms. The Balaban J connectivity index is 1.70. The van der Waals surface area contributed by atoms with Crippen LogP contribution in [0.2, 0.25) is 0 Å². The second kappa shape index (κ2) is 7.07. The fourth-order valence-corrected chi connectivity index (χ4v) is 2.46. The molecule has 0 atom stereocenters. The number of halogens is 1. The highest BCUT2D eigenvalue weighted by Gasteiger charge is 2.15. The van der Waals surface area contributed by atoms with Gasteiger partial charge >= 0.3 is 0 Å². The zero-order valence-corrected chi connectivity index (χ0v) is 12.1. The van der Waals surface area contributed by atoms with E-state index in [9.17, 15) is 5.11 Å². The van der Waals surface area contributed by atoms with Gasteiger partial charge in [-0.05, 0) is 37.0 Å². The highest BCUT2D eigenvalue weighted by atomic mass is 79.9. The second-order valence-corrected chi connectivity index (χ2v) is 5.73. The molecule has 0 aromatic heterocycles. The minimum absolute atomic E-state index is 0.0699. The average Bonchev–Trinajstić information content (AvgIpc) is 2.39. The van der Waals surface area contributed by atoms with Gasteiger partial charge in [-0.3, -0.25) is 0 Å². The van der Waals surface area contributed by atoms with Crippen molar-refractivity contribution in [3.8, 4) is 0 Å². The molecule has 0 spiro atoms. The maximum atomic E-state index is 9.43. The molecule has 0 aliphatic carbocycles. The Morgan fingerprint density at radius 2 is 1.89 bits per heavy atom. The summed E-state index contributed by atoms with van der Waals surface area (Å²) in [6.45, 7) is 3.17. The quantitative estimate of drug-likeness (QED) is 0.922. The van der Waals surface area contributed by atoms with Crippen molar-refractivity contribution in [3.63, 3.8) is 0 Å². The van der Waals surface area contributed by atoms with Crippen LogP contribution in [0.1, 0.15) is 24.8 Å². The summed E-state index contributed by atoms with van der Waals surface area (Å²) in [4.78, 5) is 2.43. The maximum Gasteiger partial charge on any atom is 0.0564 e. The van der Waals surface area contributed by atoms with Crippen LogP contribution in [0.5, 0.6) is 0 Å². The number of rotatable bonds is 4. The first-order valence-electron chi connectivity index (χ1n) is 6.56. The average molecular weight is 310 g/mol. The third-order valence-electron chi connectivity index (χ3n) is 3.35. The molecule has 2 rings (SSSR count). The molecule has 1 N–H and O–H groups in total. The number of benzene rings is 1. The van der Waals surface area contributed by atoms with Gasteiger partial charge in [0.2, 0.25) is 0 Å². The van der Waals surface area contributed by atoms with Crippen molar-refractivity contribution in [1.82, 2.24) is 4.90 Å². The third-order valence-corrected chi connectivity index (χ3v) is 3.88. The number of aliphatic hydroxyl groups excluding tert-OH is 1. The number of nitrogens with zero attached hydrogens (tertiary/aromatic N) is 1. The van der Waals surface area contributed by atoms with Crippen molar-refractivity contribution in [2.75, 3.05) is 19.6 Å². The zero-order chi connectivity index (χ0) is 12.8. The molecular formula is C15H20BrNO. The van der Waals surface area contributed by atoms with E-state index in [1.807, 2.05) is 0 Å². The molecule has 1 aromatic carbocycles. The number of piperidine rings is 1. The minimum Gasteiger partial charge on any atom is -0.393 e. The van der Waals surface area contributed by atoms with Crippen LogP contribution in [-0.2, 0) is 0 Å². The van der Waals surface area contributed by atoms with Crippen molar-refractivity contribution in [2.45, 2.75) is 25.4 Å². The van der Waals surface area contributed by atoms with Crippen molar-refractivity contribution in [1.29, 1.82) is 0 Å². The first-order valence-corrected chi connectivity index (χ1v) is 7.36. The molecule has 1 aliphatic heterocycles. The van der Waals surface area contributed by atoms with E-state index in [1.54, 1.807) is 0 Å². The number of hydrogen-bond donors (Lipinski definition) is 1. The molecule has 3 heteroatoms. The highest BCUT2D eigenvalue weighted by Crippen LogP contribution is 2.13. The summed E-state index contributed by atoms with van der Waals surface area (Å²) in [6, 6.07) is 8.34. The fourth-order valence-electron chi connectivity index (χ4n) is 2.19. The van der Waals surface area contributed by atoms with Gasteiger partial charge in [0.05, 0.1) is 6.10 Å². The van der Waals surface area contributed by atoms with Crippen LogP contribution in [0.4, 0.5) is 0 Å². The van der Waals surface area contributed by atoms with Crippen LogP contribution < -0.4 is 0 Å². The summed E-state index contributed by atoms with van der Waals surface area (Å²) in [5.74, 6) is 0. The van der Waals surface area contributed by atoms with Gasteiger partial charge in [0.25, 0.3) is 0 Å². The molecule has 1 heterocycles. The van der Waals surface area contributed by atoms with E-state index < -0.39 is 0 Å². The molecule has 0 saturated carbocycles. The Hall–Kier alpha value is -0.640. The molecule has 18 heavy (non-hydrogen) atoms. The van der Waals surface area contributed by atoms with Gasteiger partial charge in [-0.2, -0.15) is 0 Å². The Morgan fingerprint density at radius 3 is 2.56 bits per heavy atom. The number of likely N-dealkylation sites (tertiary alicyclic amines) is 1. The van der Waals surface area contributed by atoms with E-state index in [4.69, 9.17) is 0 Å². The third kappa shape index (κ3) is 4.56. The molecule has 98 valence electrons. The lowest BCUT2D eigenvalue weighted by molar-refractivity contribution is 0.0835. The molecule has 0 amide bonds. The van der Waals surface area contributed by atoms with Crippen molar-refractivity contribution in [2.24, 2.45) is 0 Å². The monoisotopic (exact) mass is 309 g/mol. The van der Waals surface area contributed by atoms with Gasteiger partial charge in [-0.1, -0.05) is 40.2 Å². The first kappa shape index (κ1) is 13.8. The molecule has 1 fully saturated rings. The van der Waals surface area contributed by atoms with E-state index in [0.29, 0.717) is 0 Å². The topological polar surface area (TPSA) is 23.5 Å². The van der Waals surface area contributed by atoms with Crippen LogP contribution in [0, 0.1) is 0 Å². The smallest absolute Gasteiger partial charge is 0.0564 e. The summed E-state index contributed by atoms with van der Waals surface area (Å²) in [6.07, 6.45) is 7.26. The van der Waals surface area contributed by atoms with E-state index in [0.717, 1.165) is 43.4 Å². The van der Waals surface area contributed by atoms with Crippen LogP contribution in [0.15, 0.2) is 34.8 Å². The number of aliphatic hydroxyl groups is 1. The largest absolute Gasteiger partial charge is 0.393 e. The SMILES string of the molecule is OC1CCN(CCC=Cc2ccc(Br)cc2)CC1. The van der Waals surface area contributed by atoms with Crippen LogP contribution in [0.25, 0.3) is 6.08 Å². The zero-order valence-electron chi connectivity index (χ0n) is 10.6. The first-order chi connectivity index (χ1) is 8.74. The van der Waals surface area contributed by atoms with Gasteiger partial charge in [0, 0.05) is 24.1 Å². The molecule has 0 radical (unpaired) electrons. The molecule has 2 nitrogen and oxygen atoms in total.